The minimum Gasteiger partial charge on any atom is -0.870 e. The smallest absolute Gasteiger partial charge is 0.870 e. The fraction of sp³-hybridized carbons (Fsp3) is 0.393. The molecule has 0 aliphatic carbocycles. The van der Waals surface area contributed by atoms with E-state index in [1.165, 1.54) is 0 Å². The van der Waals surface area contributed by atoms with Gasteiger partial charge in [-0.2, -0.15) is 0 Å². The van der Waals surface area contributed by atoms with Gasteiger partial charge in [0.15, 0.2) is 0 Å². The van der Waals surface area contributed by atoms with Gasteiger partial charge in [0.25, 0.3) is 5.56 Å². The van der Waals surface area contributed by atoms with Gasteiger partial charge in [0.05, 0.1) is 11.4 Å². The van der Waals surface area contributed by atoms with E-state index < -0.39 is 5.41 Å². The van der Waals surface area contributed by atoms with E-state index in [1.54, 1.807) is 35.3 Å². The molecule has 0 bridgehead atoms. The molecule has 1 aliphatic heterocycles. The first-order valence-electron chi connectivity index (χ1n) is 12.3. The third kappa shape index (κ3) is 5.99. The Balaban J connectivity index is 0.00000241. The summed E-state index contributed by atoms with van der Waals surface area (Å²) >= 11 is 0. The second-order valence-corrected chi connectivity index (χ2v) is 9.62. The van der Waals surface area contributed by atoms with Crippen LogP contribution in [0.4, 0.5) is 11.4 Å². The quantitative estimate of drug-likeness (QED) is 0.275. The average Bonchev–Trinajstić information content (AvgIpc) is 2.91. The van der Waals surface area contributed by atoms with E-state index in [4.69, 9.17) is 0 Å². The molecule has 2 aromatic carbocycles. The Labute approximate surface area is 230 Å². The largest absolute Gasteiger partial charge is 1.00 e. The van der Waals surface area contributed by atoms with Crippen LogP contribution in [0.15, 0.2) is 59.5 Å². The summed E-state index contributed by atoms with van der Waals surface area (Å²) in [6.45, 7) is 7.98. The van der Waals surface area contributed by atoms with Gasteiger partial charge in [-0.05, 0) is 75.4 Å². The Hall–Kier alpha value is -2.89. The summed E-state index contributed by atoms with van der Waals surface area (Å²) in [5.74, 6) is -0.361. The van der Waals surface area contributed by atoms with Gasteiger partial charge in [-0.1, -0.05) is 24.3 Å². The molecule has 1 aromatic heterocycles. The molecule has 3 aromatic rings. The molecule has 4 rings (SSSR count). The molecular formula is C28H35LiN4O4. The van der Waals surface area contributed by atoms with Crippen LogP contribution in [-0.2, 0) is 22.6 Å². The molecule has 2 heterocycles. The number of hydrogen-bond acceptors (Lipinski definition) is 5. The number of carbonyl (C=O) groups is 2. The van der Waals surface area contributed by atoms with Gasteiger partial charge in [0, 0.05) is 38.3 Å². The number of pyridine rings is 1. The number of anilines is 2. The molecule has 192 valence electrons. The van der Waals surface area contributed by atoms with E-state index >= 15 is 0 Å². The van der Waals surface area contributed by atoms with Crippen LogP contribution in [0.3, 0.4) is 0 Å². The predicted octanol–water partition coefficient (Wildman–Crippen LogP) is 0.407. The third-order valence-corrected chi connectivity index (χ3v) is 6.86. The third-order valence-electron chi connectivity index (χ3n) is 6.86. The minimum atomic E-state index is -1.10. The number of benzene rings is 2. The van der Waals surface area contributed by atoms with E-state index in [9.17, 15) is 14.4 Å². The Bertz CT molecular complexity index is 1320. The zero-order chi connectivity index (χ0) is 25.2. The van der Waals surface area contributed by atoms with Crippen molar-refractivity contribution < 1.29 is 33.9 Å². The molecule has 0 fully saturated rings. The molecule has 0 spiro atoms. The van der Waals surface area contributed by atoms with Gasteiger partial charge in [0.1, 0.15) is 5.41 Å². The summed E-state index contributed by atoms with van der Waals surface area (Å²) in [5.41, 5.74) is 1.62. The molecule has 8 nitrogen and oxygen atoms in total. The van der Waals surface area contributed by atoms with Gasteiger partial charge in [-0.25, -0.2) is 0 Å². The summed E-state index contributed by atoms with van der Waals surface area (Å²) < 4.78 is 1.75. The number of hydrogen-bond donors (Lipinski definition) is 1. The second-order valence-electron chi connectivity index (χ2n) is 9.62. The Kier molecular flexibility index (Phi) is 10.3. The van der Waals surface area contributed by atoms with Crippen LogP contribution in [-0.4, -0.2) is 48.5 Å². The summed E-state index contributed by atoms with van der Waals surface area (Å²) in [6.07, 6.45) is 3.62. The molecule has 0 saturated heterocycles. The maximum Gasteiger partial charge on any atom is 1.00 e. The number of fused-ring (bicyclic) bond motifs is 2. The van der Waals surface area contributed by atoms with Crippen LogP contribution in [0.5, 0.6) is 0 Å². The monoisotopic (exact) mass is 498 g/mol. The number of carbonyl (C=O) groups excluding carboxylic acids is 2. The molecule has 9 heteroatoms. The Morgan fingerprint density at radius 2 is 1.65 bits per heavy atom. The van der Waals surface area contributed by atoms with Crippen molar-refractivity contribution in [1.82, 2.24) is 9.88 Å². The molecule has 37 heavy (non-hydrogen) atoms. The van der Waals surface area contributed by atoms with E-state index in [0.29, 0.717) is 19.6 Å². The van der Waals surface area contributed by atoms with Crippen molar-refractivity contribution in [2.45, 2.75) is 40.2 Å². The molecule has 0 saturated carbocycles. The van der Waals surface area contributed by atoms with Crippen molar-refractivity contribution in [2.24, 2.45) is 5.41 Å². The number of rotatable bonds is 8. The maximum absolute atomic E-state index is 13.0. The molecule has 2 N–H and O–H groups in total. The van der Waals surface area contributed by atoms with Gasteiger partial charge in [0.2, 0.25) is 11.8 Å². The maximum atomic E-state index is 13.0. The Morgan fingerprint density at radius 1 is 0.919 bits per heavy atom. The van der Waals surface area contributed by atoms with Gasteiger partial charge in [-0.15, -0.1) is 0 Å². The molecule has 1 aliphatic rings. The molecular weight excluding hydrogens is 463 g/mol. The molecule has 0 radical (unpaired) electrons. The van der Waals surface area contributed by atoms with Gasteiger partial charge >= 0.3 is 18.9 Å². The normalized spacial score (nSPS) is 14.6. The fourth-order valence-electron chi connectivity index (χ4n) is 4.75. The van der Waals surface area contributed by atoms with Crippen LogP contribution in [0.25, 0.3) is 10.8 Å². The first-order valence-corrected chi connectivity index (χ1v) is 12.3. The predicted molar refractivity (Wildman–Crippen MR) is 143 cm³/mol. The van der Waals surface area contributed by atoms with Crippen LogP contribution < -0.4 is 39.5 Å². The van der Waals surface area contributed by atoms with Crippen LogP contribution in [0, 0.1) is 5.41 Å². The summed E-state index contributed by atoms with van der Waals surface area (Å²) in [4.78, 5) is 41.9. The minimum absolute atomic E-state index is 0. The standard InChI is InChI=1S/C28H34N4O3.Li.H2O/c1-5-32-23-13-12-20(19-24(23)30(4)26(34)28(2,3)27(32)35)9-8-15-29-16-18-31-17-14-21-10-6-7-11-22(21)25(31)33;;/h6-7,10-14,17,19,29H,5,8-9,15-16,18H2,1-4H3;;1H2/q;+1;/p-1. The van der Waals surface area contributed by atoms with Crippen molar-refractivity contribution in [3.63, 3.8) is 0 Å². The average molecular weight is 499 g/mol. The van der Waals surface area contributed by atoms with Gasteiger partial charge in [-0.3, -0.25) is 14.4 Å². The summed E-state index contributed by atoms with van der Waals surface area (Å²) in [5, 5.41) is 5.13. The topological polar surface area (TPSA) is 105 Å². The summed E-state index contributed by atoms with van der Waals surface area (Å²) in [7, 11) is 1.75. The van der Waals surface area contributed by atoms with Crippen molar-refractivity contribution in [2.75, 3.05) is 36.5 Å². The zero-order valence-corrected chi connectivity index (χ0v) is 22.5. The molecule has 0 unspecified atom stereocenters. The van der Waals surface area contributed by atoms with E-state index in [-0.39, 0.29) is 41.7 Å². The van der Waals surface area contributed by atoms with Crippen LogP contribution in [0.2, 0.25) is 0 Å². The first kappa shape index (κ1) is 30.3. The number of nitrogens with zero attached hydrogens (tertiary/aromatic N) is 3. The zero-order valence-electron chi connectivity index (χ0n) is 22.5. The van der Waals surface area contributed by atoms with E-state index in [2.05, 4.69) is 5.32 Å². The number of nitrogens with one attached hydrogen (secondary N) is 1. The van der Waals surface area contributed by atoms with Crippen molar-refractivity contribution in [3.8, 4) is 0 Å². The van der Waals surface area contributed by atoms with E-state index in [1.807, 2.05) is 61.7 Å². The second kappa shape index (κ2) is 12.6. The van der Waals surface area contributed by atoms with Crippen LogP contribution >= 0.6 is 0 Å². The number of aromatic nitrogens is 1. The van der Waals surface area contributed by atoms with Crippen molar-refractivity contribution in [1.29, 1.82) is 0 Å². The van der Waals surface area contributed by atoms with E-state index in [0.717, 1.165) is 47.1 Å². The van der Waals surface area contributed by atoms with Crippen molar-refractivity contribution >= 4 is 34.0 Å². The van der Waals surface area contributed by atoms with Crippen LogP contribution in [0.1, 0.15) is 32.8 Å². The fourth-order valence-corrected chi connectivity index (χ4v) is 4.75. The van der Waals surface area contributed by atoms with Crippen molar-refractivity contribution in [3.05, 3.63) is 70.6 Å². The molecule has 0 atom stereocenters. The Morgan fingerprint density at radius 3 is 2.38 bits per heavy atom. The molecule has 2 amide bonds. The SMILES string of the molecule is CCN1C(=O)C(C)(C)C(=O)N(C)c2cc(CCCNCCn3ccc4ccccc4c3=O)ccc21.[Li+].[OH-]. The number of aryl methyl sites for hydroxylation is 1. The van der Waals surface area contributed by atoms with Gasteiger partial charge < -0.3 is 25.2 Å². The first-order chi connectivity index (χ1) is 16.8. The number of amides is 2. The summed E-state index contributed by atoms with van der Waals surface area (Å²) in [6, 6.07) is 15.6.